The van der Waals surface area contributed by atoms with Crippen molar-refractivity contribution in [1.29, 1.82) is 0 Å². The van der Waals surface area contributed by atoms with E-state index < -0.39 is 0 Å². The number of morpholine rings is 1. The third-order valence-corrected chi connectivity index (χ3v) is 4.21. The minimum atomic E-state index is 0.849. The molecular formula is C18H31N5O. The van der Waals surface area contributed by atoms with Gasteiger partial charge in [0.1, 0.15) is 0 Å². The fraction of sp³-hybridized carbons (Fsp3) is 0.611. The first-order valence-electron chi connectivity index (χ1n) is 8.80. The van der Waals surface area contributed by atoms with Gasteiger partial charge in [-0.2, -0.15) is 0 Å². The first-order chi connectivity index (χ1) is 11.8. The van der Waals surface area contributed by atoms with Crippen molar-refractivity contribution in [3.8, 4) is 0 Å². The summed E-state index contributed by atoms with van der Waals surface area (Å²) < 4.78 is 5.36. The summed E-state index contributed by atoms with van der Waals surface area (Å²) in [7, 11) is 3.95. The second-order valence-electron chi connectivity index (χ2n) is 5.99. The molecule has 6 nitrogen and oxygen atoms in total. The second kappa shape index (κ2) is 10.9. The van der Waals surface area contributed by atoms with Crippen LogP contribution in [0.4, 0.5) is 5.69 Å². The molecule has 0 spiro atoms. The molecule has 1 heterocycles. The number of rotatable bonds is 8. The van der Waals surface area contributed by atoms with E-state index in [1.165, 1.54) is 5.69 Å². The van der Waals surface area contributed by atoms with Crippen LogP contribution in [0.25, 0.3) is 0 Å². The Morgan fingerprint density at radius 1 is 1.17 bits per heavy atom. The zero-order valence-electron chi connectivity index (χ0n) is 15.0. The van der Waals surface area contributed by atoms with Crippen LogP contribution in [0, 0.1) is 0 Å². The van der Waals surface area contributed by atoms with Gasteiger partial charge in [0.05, 0.1) is 13.2 Å². The highest BCUT2D eigenvalue weighted by atomic mass is 16.5. The van der Waals surface area contributed by atoms with Gasteiger partial charge >= 0.3 is 0 Å². The third-order valence-electron chi connectivity index (χ3n) is 4.21. The number of ether oxygens (including phenoxy) is 1. The van der Waals surface area contributed by atoms with Gasteiger partial charge in [0.2, 0.25) is 0 Å². The van der Waals surface area contributed by atoms with E-state index in [9.17, 15) is 0 Å². The van der Waals surface area contributed by atoms with E-state index in [0.717, 1.165) is 64.9 Å². The lowest BCUT2D eigenvalue weighted by atomic mass is 10.3. The molecule has 1 fully saturated rings. The molecule has 0 saturated carbocycles. The Kier molecular flexibility index (Phi) is 8.41. The van der Waals surface area contributed by atoms with E-state index >= 15 is 0 Å². The molecule has 1 aromatic rings. The van der Waals surface area contributed by atoms with Gasteiger partial charge in [-0.3, -0.25) is 9.89 Å². The molecule has 1 saturated heterocycles. The number of benzene rings is 1. The van der Waals surface area contributed by atoms with Gasteiger partial charge in [-0.25, -0.2) is 0 Å². The third kappa shape index (κ3) is 6.76. The van der Waals surface area contributed by atoms with Crippen LogP contribution in [0.15, 0.2) is 35.3 Å². The summed E-state index contributed by atoms with van der Waals surface area (Å²) in [5, 5.41) is 6.76. The Labute approximate surface area is 145 Å². The zero-order valence-corrected chi connectivity index (χ0v) is 15.0. The Bertz CT molecular complexity index is 474. The molecule has 24 heavy (non-hydrogen) atoms. The number of nitrogens with one attached hydrogen (secondary N) is 2. The van der Waals surface area contributed by atoms with Crippen molar-refractivity contribution in [2.24, 2.45) is 4.99 Å². The van der Waals surface area contributed by atoms with E-state index in [4.69, 9.17) is 4.74 Å². The minimum absolute atomic E-state index is 0.849. The standard InChI is InChI=1S/C18H31N5O/c1-19-18(21-10-12-23-13-15-24-16-14-23)20-9-6-11-22(2)17-7-4-3-5-8-17/h3-5,7-8H,6,9-16H2,1-2H3,(H2,19,20,21). The van der Waals surface area contributed by atoms with Crippen LogP contribution in [0.3, 0.4) is 0 Å². The van der Waals surface area contributed by atoms with Gasteiger partial charge in [0.25, 0.3) is 0 Å². The predicted octanol–water partition coefficient (Wildman–Crippen LogP) is 1.01. The quantitative estimate of drug-likeness (QED) is 0.422. The number of hydrogen-bond donors (Lipinski definition) is 2. The maximum Gasteiger partial charge on any atom is 0.191 e. The summed E-state index contributed by atoms with van der Waals surface area (Å²) in [6, 6.07) is 10.5. The van der Waals surface area contributed by atoms with Crippen molar-refractivity contribution in [1.82, 2.24) is 15.5 Å². The molecule has 0 aliphatic carbocycles. The number of hydrogen-bond acceptors (Lipinski definition) is 4. The SMILES string of the molecule is CN=C(NCCCN(C)c1ccccc1)NCCN1CCOCC1. The Hall–Kier alpha value is -1.79. The molecule has 0 bridgehead atoms. The molecule has 0 atom stereocenters. The predicted molar refractivity (Wildman–Crippen MR) is 101 cm³/mol. The Balaban J connectivity index is 1.56. The van der Waals surface area contributed by atoms with Crippen LogP contribution in [0.5, 0.6) is 0 Å². The first-order valence-corrected chi connectivity index (χ1v) is 8.80. The largest absolute Gasteiger partial charge is 0.379 e. The van der Waals surface area contributed by atoms with Crippen molar-refractivity contribution < 1.29 is 4.74 Å². The van der Waals surface area contributed by atoms with Crippen LogP contribution in [0.1, 0.15) is 6.42 Å². The lowest BCUT2D eigenvalue weighted by molar-refractivity contribution is 0.0389. The van der Waals surface area contributed by atoms with Gasteiger partial charge in [-0.1, -0.05) is 18.2 Å². The van der Waals surface area contributed by atoms with Gasteiger partial charge in [0.15, 0.2) is 5.96 Å². The molecular weight excluding hydrogens is 302 g/mol. The lowest BCUT2D eigenvalue weighted by Gasteiger charge is -2.26. The van der Waals surface area contributed by atoms with Crippen molar-refractivity contribution in [3.05, 3.63) is 30.3 Å². The lowest BCUT2D eigenvalue weighted by Crippen LogP contribution is -2.44. The van der Waals surface area contributed by atoms with Crippen molar-refractivity contribution in [3.63, 3.8) is 0 Å². The molecule has 134 valence electrons. The summed E-state index contributed by atoms with van der Waals surface area (Å²) in [5.41, 5.74) is 1.26. The van der Waals surface area contributed by atoms with Crippen LogP contribution in [-0.2, 0) is 4.74 Å². The number of nitrogens with zero attached hydrogens (tertiary/aromatic N) is 3. The second-order valence-corrected chi connectivity index (χ2v) is 5.99. The van der Waals surface area contributed by atoms with Crippen molar-refractivity contribution >= 4 is 11.6 Å². The molecule has 2 N–H and O–H groups in total. The molecule has 0 radical (unpaired) electrons. The number of aliphatic imine (C=N–C) groups is 1. The van der Waals surface area contributed by atoms with E-state index in [0.29, 0.717) is 0 Å². The molecule has 1 aromatic carbocycles. The minimum Gasteiger partial charge on any atom is -0.379 e. The van der Waals surface area contributed by atoms with E-state index in [2.05, 4.69) is 56.7 Å². The van der Waals surface area contributed by atoms with Gasteiger partial charge in [0, 0.05) is 59.1 Å². The van der Waals surface area contributed by atoms with Gasteiger partial charge in [-0.15, -0.1) is 0 Å². The highest BCUT2D eigenvalue weighted by Gasteiger charge is 2.09. The van der Waals surface area contributed by atoms with Crippen molar-refractivity contribution in [2.75, 3.05) is 71.5 Å². The smallest absolute Gasteiger partial charge is 0.191 e. The summed E-state index contributed by atoms with van der Waals surface area (Å²) in [6.45, 7) is 7.61. The number of para-hydroxylation sites is 1. The Morgan fingerprint density at radius 3 is 2.58 bits per heavy atom. The highest BCUT2D eigenvalue weighted by molar-refractivity contribution is 5.79. The summed E-state index contributed by atoms with van der Waals surface area (Å²) in [6.07, 6.45) is 1.07. The molecule has 6 heteroatoms. The molecule has 1 aliphatic heterocycles. The molecule has 0 aromatic heterocycles. The van der Waals surface area contributed by atoms with Gasteiger partial charge < -0.3 is 20.3 Å². The maximum absolute atomic E-state index is 5.36. The fourth-order valence-corrected chi connectivity index (χ4v) is 2.71. The molecule has 0 amide bonds. The van der Waals surface area contributed by atoms with E-state index in [1.807, 2.05) is 13.1 Å². The van der Waals surface area contributed by atoms with Crippen LogP contribution < -0.4 is 15.5 Å². The summed E-state index contributed by atoms with van der Waals surface area (Å²) in [4.78, 5) is 8.97. The van der Waals surface area contributed by atoms with Crippen LogP contribution in [0.2, 0.25) is 0 Å². The number of anilines is 1. The maximum atomic E-state index is 5.36. The topological polar surface area (TPSA) is 52.1 Å². The first kappa shape index (κ1) is 18.5. The molecule has 1 aliphatic rings. The zero-order chi connectivity index (χ0) is 17.0. The molecule has 0 unspecified atom stereocenters. The summed E-state index contributed by atoms with van der Waals surface area (Å²) in [5.74, 6) is 0.880. The monoisotopic (exact) mass is 333 g/mol. The van der Waals surface area contributed by atoms with Crippen LogP contribution >= 0.6 is 0 Å². The van der Waals surface area contributed by atoms with Crippen molar-refractivity contribution in [2.45, 2.75) is 6.42 Å². The fourth-order valence-electron chi connectivity index (χ4n) is 2.71. The van der Waals surface area contributed by atoms with Crippen LogP contribution in [-0.4, -0.2) is 77.4 Å². The highest BCUT2D eigenvalue weighted by Crippen LogP contribution is 2.10. The Morgan fingerprint density at radius 2 is 1.88 bits per heavy atom. The average molecular weight is 333 g/mol. The average Bonchev–Trinajstić information content (AvgIpc) is 2.65. The van der Waals surface area contributed by atoms with E-state index in [-0.39, 0.29) is 0 Å². The number of guanidine groups is 1. The molecule has 2 rings (SSSR count). The van der Waals surface area contributed by atoms with E-state index in [1.54, 1.807) is 0 Å². The summed E-state index contributed by atoms with van der Waals surface area (Å²) >= 11 is 0. The van der Waals surface area contributed by atoms with Gasteiger partial charge in [-0.05, 0) is 18.6 Å². The normalized spacial score (nSPS) is 16.0.